The Hall–Kier alpha value is -2.40. The van der Waals surface area contributed by atoms with Gasteiger partial charge >= 0.3 is 5.97 Å². The van der Waals surface area contributed by atoms with E-state index in [1.54, 1.807) is 23.5 Å². The van der Waals surface area contributed by atoms with Gasteiger partial charge in [0.25, 0.3) is 0 Å². The van der Waals surface area contributed by atoms with Gasteiger partial charge in [0.05, 0.1) is 0 Å². The Balaban J connectivity index is 2.07. The minimum Gasteiger partial charge on any atom is -0.461 e. The maximum atomic E-state index is 11.6. The zero-order valence-corrected chi connectivity index (χ0v) is 16.2. The topological polar surface area (TPSA) is 55.4 Å². The third-order valence-corrected chi connectivity index (χ3v) is 3.91. The predicted octanol–water partition coefficient (Wildman–Crippen LogP) is 4.53. The number of hydrogen-bond donors (Lipinski definition) is 1. The van der Waals surface area contributed by atoms with Crippen molar-refractivity contribution in [3.8, 4) is 0 Å². The molecule has 0 bridgehead atoms. The third kappa shape index (κ3) is 12.0. The summed E-state index contributed by atoms with van der Waals surface area (Å²) in [6.07, 6.45) is 15.7. The van der Waals surface area contributed by atoms with Crippen LogP contribution in [-0.2, 0) is 14.3 Å². The van der Waals surface area contributed by atoms with Gasteiger partial charge in [-0.15, -0.1) is 11.3 Å². The SMILES string of the molecule is CC(C)CC(=O)OC/C=C\CCNC(=O)/C=C/C=C/C=C/c1cccs1. The van der Waals surface area contributed by atoms with Gasteiger partial charge in [-0.1, -0.05) is 56.4 Å². The second-order valence-electron chi connectivity index (χ2n) is 5.95. The van der Waals surface area contributed by atoms with Gasteiger partial charge < -0.3 is 10.1 Å². The largest absolute Gasteiger partial charge is 0.461 e. The molecular weight excluding hydrogens is 346 g/mol. The highest BCUT2D eigenvalue weighted by Gasteiger charge is 2.03. The van der Waals surface area contributed by atoms with Crippen molar-refractivity contribution < 1.29 is 14.3 Å². The van der Waals surface area contributed by atoms with Crippen LogP contribution in [0.2, 0.25) is 0 Å². The lowest BCUT2D eigenvalue weighted by atomic mass is 10.1. The van der Waals surface area contributed by atoms with Crippen LogP contribution in [-0.4, -0.2) is 25.0 Å². The number of esters is 1. The van der Waals surface area contributed by atoms with Crippen LogP contribution in [0.25, 0.3) is 6.08 Å². The van der Waals surface area contributed by atoms with E-state index in [1.807, 2.05) is 61.7 Å². The zero-order chi connectivity index (χ0) is 19.0. The summed E-state index contributed by atoms with van der Waals surface area (Å²) in [6, 6.07) is 4.05. The molecule has 4 nitrogen and oxygen atoms in total. The zero-order valence-electron chi connectivity index (χ0n) is 15.4. The quantitative estimate of drug-likeness (QED) is 0.204. The molecule has 5 heteroatoms. The van der Waals surface area contributed by atoms with Crippen LogP contribution < -0.4 is 5.32 Å². The fraction of sp³-hybridized carbons (Fsp3) is 0.333. The van der Waals surface area contributed by atoms with Crippen molar-refractivity contribution in [2.75, 3.05) is 13.2 Å². The summed E-state index contributed by atoms with van der Waals surface area (Å²) in [5.74, 6) is -0.00312. The molecule has 26 heavy (non-hydrogen) atoms. The van der Waals surface area contributed by atoms with Crippen LogP contribution in [0.1, 0.15) is 31.6 Å². The van der Waals surface area contributed by atoms with Crippen molar-refractivity contribution >= 4 is 29.3 Å². The van der Waals surface area contributed by atoms with Crippen LogP contribution in [0.4, 0.5) is 0 Å². The van der Waals surface area contributed by atoms with Crippen molar-refractivity contribution in [3.63, 3.8) is 0 Å². The first-order valence-corrected chi connectivity index (χ1v) is 9.59. The summed E-state index contributed by atoms with van der Waals surface area (Å²) >= 11 is 1.68. The smallest absolute Gasteiger partial charge is 0.306 e. The molecule has 0 radical (unpaired) electrons. The number of nitrogens with one attached hydrogen (secondary N) is 1. The second kappa shape index (κ2) is 13.8. The third-order valence-electron chi connectivity index (χ3n) is 3.08. The van der Waals surface area contributed by atoms with Crippen molar-refractivity contribution in [1.82, 2.24) is 5.32 Å². The fourth-order valence-electron chi connectivity index (χ4n) is 1.86. The number of carbonyl (C=O) groups excluding carboxylic acids is 2. The number of rotatable bonds is 11. The number of carbonyl (C=O) groups is 2. The first kappa shape index (κ1) is 21.6. The molecular formula is C21H27NO3S. The number of hydrogen-bond acceptors (Lipinski definition) is 4. The fourth-order valence-corrected chi connectivity index (χ4v) is 2.49. The standard InChI is InChI=1S/C21H27NO3S/c1-18(2)17-21(24)25-15-9-5-8-14-22-20(23)13-7-4-3-6-11-19-12-10-16-26-19/h3-7,9-13,16,18H,8,14-15,17H2,1-2H3,(H,22,23)/b4-3+,9-5-,11-6+,13-7+. The van der Waals surface area contributed by atoms with Gasteiger partial charge in [0.15, 0.2) is 0 Å². The number of thiophene rings is 1. The van der Waals surface area contributed by atoms with Gasteiger partial charge in [-0.05, 0) is 29.9 Å². The lowest BCUT2D eigenvalue weighted by Crippen LogP contribution is -2.21. The molecule has 1 aromatic heterocycles. The minimum absolute atomic E-state index is 0.131. The summed E-state index contributed by atoms with van der Waals surface area (Å²) in [7, 11) is 0. The Morgan fingerprint density at radius 3 is 2.73 bits per heavy atom. The van der Waals surface area contributed by atoms with Crippen LogP contribution >= 0.6 is 11.3 Å². The summed E-state index contributed by atoms with van der Waals surface area (Å²) in [5.41, 5.74) is 0. The molecule has 0 aliphatic rings. The molecule has 1 heterocycles. The molecule has 0 spiro atoms. The molecule has 0 saturated carbocycles. The Morgan fingerprint density at radius 1 is 1.19 bits per heavy atom. The highest BCUT2D eigenvalue weighted by Crippen LogP contribution is 2.09. The number of allylic oxidation sites excluding steroid dienone is 4. The van der Waals surface area contributed by atoms with E-state index in [2.05, 4.69) is 5.32 Å². The number of amides is 1. The van der Waals surface area contributed by atoms with E-state index in [1.165, 1.54) is 11.0 Å². The summed E-state index contributed by atoms with van der Waals surface area (Å²) in [4.78, 5) is 24.1. The average molecular weight is 374 g/mol. The lowest BCUT2D eigenvalue weighted by molar-refractivity contribution is -0.143. The summed E-state index contributed by atoms with van der Waals surface area (Å²) in [5, 5.41) is 4.82. The Morgan fingerprint density at radius 2 is 2.00 bits per heavy atom. The Bertz CT molecular complexity index is 640. The van der Waals surface area contributed by atoms with Crippen molar-refractivity contribution in [2.45, 2.75) is 26.7 Å². The van der Waals surface area contributed by atoms with E-state index < -0.39 is 0 Å². The first-order chi connectivity index (χ1) is 12.6. The minimum atomic E-state index is -0.179. The van der Waals surface area contributed by atoms with Gasteiger partial charge in [0.1, 0.15) is 6.61 Å². The van der Waals surface area contributed by atoms with E-state index in [0.717, 1.165) is 0 Å². The van der Waals surface area contributed by atoms with Crippen molar-refractivity contribution in [2.24, 2.45) is 5.92 Å². The molecule has 1 aromatic rings. The molecule has 0 fully saturated rings. The monoisotopic (exact) mass is 373 g/mol. The molecule has 1 rings (SSSR count). The van der Waals surface area contributed by atoms with Gasteiger partial charge in [0.2, 0.25) is 5.91 Å². The van der Waals surface area contributed by atoms with Gasteiger partial charge in [-0.3, -0.25) is 9.59 Å². The highest BCUT2D eigenvalue weighted by molar-refractivity contribution is 7.10. The highest BCUT2D eigenvalue weighted by atomic mass is 32.1. The molecule has 140 valence electrons. The average Bonchev–Trinajstić information content (AvgIpc) is 3.09. The summed E-state index contributed by atoms with van der Waals surface area (Å²) in [6.45, 7) is 4.78. The lowest BCUT2D eigenvalue weighted by Gasteiger charge is -2.03. The van der Waals surface area contributed by atoms with E-state index in [4.69, 9.17) is 4.74 Å². The second-order valence-corrected chi connectivity index (χ2v) is 6.93. The van der Waals surface area contributed by atoms with Crippen LogP contribution in [0.5, 0.6) is 0 Å². The van der Waals surface area contributed by atoms with Gasteiger partial charge in [-0.25, -0.2) is 0 Å². The van der Waals surface area contributed by atoms with Gasteiger partial charge in [-0.2, -0.15) is 0 Å². The predicted molar refractivity (Wildman–Crippen MR) is 109 cm³/mol. The molecule has 0 aromatic carbocycles. The van der Waals surface area contributed by atoms with E-state index in [0.29, 0.717) is 25.3 Å². The van der Waals surface area contributed by atoms with Gasteiger partial charge in [0, 0.05) is 23.9 Å². The van der Waals surface area contributed by atoms with Crippen LogP contribution in [0.15, 0.2) is 60.0 Å². The number of ether oxygens (including phenoxy) is 1. The van der Waals surface area contributed by atoms with Crippen LogP contribution in [0, 0.1) is 5.92 Å². The molecule has 1 N–H and O–H groups in total. The normalized spacial score (nSPS) is 12.1. The molecule has 0 aliphatic heterocycles. The molecule has 1 amide bonds. The van der Waals surface area contributed by atoms with E-state index >= 15 is 0 Å². The Labute approximate surface area is 160 Å². The van der Waals surface area contributed by atoms with Crippen molar-refractivity contribution in [3.05, 3.63) is 64.9 Å². The van der Waals surface area contributed by atoms with Crippen molar-refractivity contribution in [1.29, 1.82) is 0 Å². The van der Waals surface area contributed by atoms with Crippen LogP contribution in [0.3, 0.4) is 0 Å². The molecule has 0 atom stereocenters. The molecule has 0 saturated heterocycles. The maximum absolute atomic E-state index is 11.6. The molecule has 0 unspecified atom stereocenters. The van der Waals surface area contributed by atoms with E-state index in [9.17, 15) is 9.59 Å². The summed E-state index contributed by atoms with van der Waals surface area (Å²) < 4.78 is 5.05. The van der Waals surface area contributed by atoms with E-state index in [-0.39, 0.29) is 18.5 Å². The Kier molecular flexibility index (Phi) is 11.5. The first-order valence-electron chi connectivity index (χ1n) is 8.71. The maximum Gasteiger partial charge on any atom is 0.306 e. The molecule has 0 aliphatic carbocycles.